The molecule has 226 valence electrons. The predicted molar refractivity (Wildman–Crippen MR) is 182 cm³/mol. The van der Waals surface area contributed by atoms with Crippen LogP contribution >= 0.6 is 0 Å². The van der Waals surface area contributed by atoms with Crippen molar-refractivity contribution in [2.24, 2.45) is 0 Å². The normalized spacial score (nSPS) is 22.4. The molecule has 0 radical (unpaired) electrons. The summed E-state index contributed by atoms with van der Waals surface area (Å²) in [6.45, 7) is 9.00. The Hall–Kier alpha value is -4.16. The first-order valence-corrected chi connectivity index (χ1v) is 16.7. The maximum Gasteiger partial charge on any atom is 0.395 e. The fraction of sp³-hybridized carbons (Fsp3) is 0.289. The average Bonchev–Trinajstić information content (AvgIpc) is 3.57. The molecule has 1 fully saturated rings. The molecule has 0 unspecified atom stereocenters. The van der Waals surface area contributed by atoms with E-state index in [1.807, 2.05) is 6.07 Å². The summed E-state index contributed by atoms with van der Waals surface area (Å²) in [6.07, 6.45) is 10.2. The zero-order valence-electron chi connectivity index (χ0n) is 26.8. The number of allylic oxidation sites excluding steroid dienone is 8. The molecule has 5 nitrogen and oxygen atoms in total. The molecule has 0 bridgehead atoms. The van der Waals surface area contributed by atoms with E-state index < -0.39 is 10.0 Å². The van der Waals surface area contributed by atoms with Crippen LogP contribution in [0.5, 0.6) is 0 Å². The molecule has 1 saturated carbocycles. The van der Waals surface area contributed by atoms with E-state index in [9.17, 15) is 8.42 Å². The van der Waals surface area contributed by atoms with Crippen molar-refractivity contribution in [2.75, 3.05) is 30.9 Å². The highest BCUT2D eigenvalue weighted by Crippen LogP contribution is 2.48. The highest BCUT2D eigenvalue weighted by atomic mass is 32.2. The van der Waals surface area contributed by atoms with E-state index in [-0.39, 0.29) is 15.7 Å². The van der Waals surface area contributed by atoms with Gasteiger partial charge in [-0.25, -0.2) is 0 Å². The quantitative estimate of drug-likeness (QED) is 0.286. The minimum atomic E-state index is -3.77. The summed E-state index contributed by atoms with van der Waals surface area (Å²) < 4.78 is 29.4. The Kier molecular flexibility index (Phi) is 7.32. The van der Waals surface area contributed by atoms with Gasteiger partial charge in [-0.15, -0.1) is 3.98 Å². The van der Waals surface area contributed by atoms with Gasteiger partial charge in [0.25, 0.3) is 0 Å². The topological polar surface area (TPSA) is 43.6 Å². The van der Waals surface area contributed by atoms with E-state index in [0.717, 1.165) is 29.7 Å². The Morgan fingerprint density at radius 3 is 1.48 bits per heavy atom. The number of sulfonamides is 1. The van der Waals surface area contributed by atoms with Gasteiger partial charge in [-0.05, 0) is 60.4 Å². The number of benzene rings is 3. The molecule has 3 aromatic carbocycles. The van der Waals surface area contributed by atoms with Crippen molar-refractivity contribution in [3.8, 4) is 0 Å². The maximum atomic E-state index is 13.9. The van der Waals surface area contributed by atoms with Crippen LogP contribution in [0.25, 0.3) is 0 Å². The van der Waals surface area contributed by atoms with Gasteiger partial charge < -0.3 is 9.80 Å². The summed E-state index contributed by atoms with van der Waals surface area (Å²) in [5, 5.41) is 0. The number of likely N-dealkylation sites (N-methyl/N-ethyl adjacent to an activating group) is 2. The second-order valence-corrected chi connectivity index (χ2v) is 15.0. The van der Waals surface area contributed by atoms with Crippen LogP contribution in [0, 0.1) is 0 Å². The van der Waals surface area contributed by atoms with Crippen LogP contribution in [0.2, 0.25) is 0 Å². The number of para-hydroxylation sites is 2. The number of hydrogen-bond acceptors (Lipinski definition) is 4. The van der Waals surface area contributed by atoms with E-state index in [1.165, 1.54) is 37.9 Å². The minimum absolute atomic E-state index is 0.167. The first-order valence-electron chi connectivity index (χ1n) is 15.3. The SMILES string of the molecule is CN1/C(=C/C=C2\CC/C(=C\C=C3\N(C)c4ccccc4C3(C)C)C2=[N+](C)S(=O)(=O)c2ccccc2)C(C)(C)c2ccccc21. The van der Waals surface area contributed by atoms with Crippen molar-refractivity contribution in [3.05, 3.63) is 137 Å². The molecule has 3 aliphatic rings. The Labute approximate surface area is 262 Å². The zero-order valence-corrected chi connectivity index (χ0v) is 27.6. The summed E-state index contributed by atoms with van der Waals surface area (Å²) in [5.74, 6) is 0. The fourth-order valence-corrected chi connectivity index (χ4v) is 8.57. The third-order valence-electron chi connectivity index (χ3n) is 9.75. The predicted octanol–water partition coefficient (Wildman–Crippen LogP) is 7.73. The van der Waals surface area contributed by atoms with Crippen LogP contribution in [0.4, 0.5) is 11.4 Å². The van der Waals surface area contributed by atoms with E-state index in [0.29, 0.717) is 0 Å². The molecule has 6 rings (SSSR count). The molecule has 6 heteroatoms. The summed E-state index contributed by atoms with van der Waals surface area (Å²) in [7, 11) is 2.14. The molecule has 0 atom stereocenters. The van der Waals surface area contributed by atoms with Crippen LogP contribution in [0.15, 0.2) is 131 Å². The molecule has 3 aromatic rings. The molecule has 0 N–H and O–H groups in total. The van der Waals surface area contributed by atoms with Gasteiger partial charge in [0.05, 0.1) is 0 Å². The zero-order chi connectivity index (χ0) is 31.4. The molecular weight excluding hydrogens is 563 g/mol. The molecule has 2 aliphatic heterocycles. The average molecular weight is 605 g/mol. The Bertz CT molecular complexity index is 1810. The maximum absolute atomic E-state index is 13.9. The van der Waals surface area contributed by atoms with Crippen LogP contribution in [0.1, 0.15) is 51.7 Å². The molecule has 0 aromatic heterocycles. The number of fused-ring (bicyclic) bond motifs is 2. The Morgan fingerprint density at radius 2 is 1.05 bits per heavy atom. The van der Waals surface area contributed by atoms with Gasteiger partial charge in [0, 0.05) is 58.8 Å². The fourth-order valence-electron chi connectivity index (χ4n) is 7.27. The minimum Gasteiger partial charge on any atom is -0.347 e. The molecule has 1 aliphatic carbocycles. The summed E-state index contributed by atoms with van der Waals surface area (Å²) in [4.78, 5) is 4.79. The van der Waals surface area contributed by atoms with Gasteiger partial charge in [-0.2, -0.15) is 8.42 Å². The smallest absolute Gasteiger partial charge is 0.347 e. The number of nitrogens with zero attached hydrogens (tertiary/aromatic N) is 3. The summed E-state index contributed by atoms with van der Waals surface area (Å²) in [6, 6.07) is 25.8. The van der Waals surface area contributed by atoms with Crippen LogP contribution in [-0.4, -0.2) is 39.3 Å². The van der Waals surface area contributed by atoms with Gasteiger partial charge >= 0.3 is 10.0 Å². The number of rotatable bonds is 4. The first-order chi connectivity index (χ1) is 20.9. The first kappa shape index (κ1) is 29.9. The van der Waals surface area contributed by atoms with Crippen LogP contribution in [0.3, 0.4) is 0 Å². The summed E-state index contributed by atoms with van der Waals surface area (Å²) >= 11 is 0. The molecule has 0 spiro atoms. The number of anilines is 2. The van der Waals surface area contributed by atoms with Gasteiger partial charge in [0.2, 0.25) is 5.71 Å². The van der Waals surface area contributed by atoms with Gasteiger partial charge in [0.1, 0.15) is 4.90 Å². The van der Waals surface area contributed by atoms with Crippen molar-refractivity contribution < 1.29 is 12.4 Å². The highest BCUT2D eigenvalue weighted by molar-refractivity contribution is 7.85. The van der Waals surface area contributed by atoms with Gasteiger partial charge in [-0.1, -0.05) is 94.4 Å². The molecule has 2 heterocycles. The van der Waals surface area contributed by atoms with E-state index >= 15 is 0 Å². The van der Waals surface area contributed by atoms with E-state index in [1.54, 1.807) is 31.3 Å². The third kappa shape index (κ3) is 4.67. The van der Waals surface area contributed by atoms with Gasteiger partial charge in [-0.3, -0.25) is 0 Å². The van der Waals surface area contributed by atoms with Crippen molar-refractivity contribution >= 4 is 27.1 Å². The Morgan fingerprint density at radius 1 is 0.636 bits per heavy atom. The molecule has 0 amide bonds. The number of hydrogen-bond donors (Lipinski definition) is 0. The second kappa shape index (κ2) is 10.8. The van der Waals surface area contributed by atoms with E-state index in [4.69, 9.17) is 0 Å². The molecule has 0 saturated heterocycles. The monoisotopic (exact) mass is 604 g/mol. The highest BCUT2D eigenvalue weighted by Gasteiger charge is 2.40. The lowest BCUT2D eigenvalue weighted by Gasteiger charge is -2.24. The summed E-state index contributed by atoms with van der Waals surface area (Å²) in [5.41, 5.74) is 9.84. The van der Waals surface area contributed by atoms with Crippen molar-refractivity contribution in [2.45, 2.75) is 56.3 Å². The third-order valence-corrected chi connectivity index (χ3v) is 11.5. The van der Waals surface area contributed by atoms with Crippen LogP contribution in [-0.2, 0) is 20.9 Å². The molecule has 44 heavy (non-hydrogen) atoms. The van der Waals surface area contributed by atoms with Crippen molar-refractivity contribution in [1.29, 1.82) is 0 Å². The van der Waals surface area contributed by atoms with E-state index in [2.05, 4.69) is 124 Å². The lowest BCUT2D eigenvalue weighted by atomic mass is 9.83. The second-order valence-electron chi connectivity index (χ2n) is 13.0. The van der Waals surface area contributed by atoms with Crippen LogP contribution < -0.4 is 9.80 Å². The van der Waals surface area contributed by atoms with Gasteiger partial charge in [0.15, 0.2) is 7.05 Å². The van der Waals surface area contributed by atoms with Crippen molar-refractivity contribution in [1.82, 2.24) is 0 Å². The van der Waals surface area contributed by atoms with Crippen molar-refractivity contribution in [3.63, 3.8) is 0 Å². The largest absolute Gasteiger partial charge is 0.395 e. The molecular formula is C38H42N3O2S+. The lowest BCUT2D eigenvalue weighted by molar-refractivity contribution is -0.325. The standard InChI is InChI=1S/C38H42N3O2S/c1-37(2)30-17-11-13-19-32(30)39(5)34(37)25-23-27-21-22-28(36(27)41(7)44(42,43)29-15-9-8-10-16-29)24-26-35-38(3,4)31-18-12-14-20-33(31)40(35)6/h8-20,23-26H,21-22H2,1-7H3/q+1. The Balaban J connectivity index is 1.47. The lowest BCUT2D eigenvalue weighted by Crippen LogP contribution is -2.25.